The molecule has 0 aliphatic rings. The fourth-order valence-electron chi connectivity index (χ4n) is 1.02. The van der Waals surface area contributed by atoms with Crippen LogP contribution in [-0.4, -0.2) is 24.1 Å². The Hall–Kier alpha value is -1.49. The van der Waals surface area contributed by atoms with E-state index in [4.69, 9.17) is 0 Å². The number of halogens is 1. The average molecular weight is 285 g/mol. The lowest BCUT2D eigenvalue weighted by Gasteiger charge is -2.00. The van der Waals surface area contributed by atoms with Crippen molar-refractivity contribution in [3.8, 4) is 0 Å². The highest BCUT2D eigenvalue weighted by Crippen LogP contribution is 2.11. The molecule has 0 aromatic heterocycles. The normalized spacial score (nSPS) is 9.62. The molecule has 0 atom stereocenters. The zero-order valence-electron chi connectivity index (χ0n) is 8.53. The summed E-state index contributed by atoms with van der Waals surface area (Å²) in [6.45, 7) is 1.63. The van der Waals surface area contributed by atoms with E-state index in [-0.39, 0.29) is 12.2 Å². The molecule has 0 fully saturated rings. The summed E-state index contributed by atoms with van der Waals surface area (Å²) in [5.41, 5.74) is 0.168. The van der Waals surface area contributed by atoms with E-state index in [0.29, 0.717) is 0 Å². The predicted octanol–water partition coefficient (Wildman–Crippen LogP) is 1.76. The number of ketones is 2. The summed E-state index contributed by atoms with van der Waals surface area (Å²) in [7, 11) is 0. The Bertz CT molecular complexity index is 422. The van der Waals surface area contributed by atoms with E-state index >= 15 is 0 Å². The number of ether oxygens (including phenoxy) is 1. The minimum atomic E-state index is -1.15. The van der Waals surface area contributed by atoms with E-state index in [2.05, 4.69) is 20.7 Å². The molecule has 0 unspecified atom stereocenters. The fourth-order valence-corrected chi connectivity index (χ4v) is 1.29. The Morgan fingerprint density at radius 2 is 1.75 bits per heavy atom. The van der Waals surface area contributed by atoms with Gasteiger partial charge in [0.25, 0.3) is 0 Å². The van der Waals surface area contributed by atoms with Crippen LogP contribution in [0.2, 0.25) is 0 Å². The van der Waals surface area contributed by atoms with Crippen LogP contribution in [0.3, 0.4) is 0 Å². The highest BCUT2D eigenvalue weighted by atomic mass is 79.9. The molecular weight excluding hydrogens is 276 g/mol. The quantitative estimate of drug-likeness (QED) is 0.366. The van der Waals surface area contributed by atoms with Gasteiger partial charge in [-0.05, 0) is 31.2 Å². The molecule has 1 aromatic carbocycles. The first-order valence-electron chi connectivity index (χ1n) is 4.57. The smallest absolute Gasteiger partial charge is 0.383 e. The maximum Gasteiger partial charge on any atom is 0.383 e. The third-order valence-corrected chi connectivity index (χ3v) is 2.30. The standard InChI is InChI=1S/C11H9BrO4/c1-2-16-11(15)10(14)9(13)7-3-5-8(12)6-4-7/h3-6H,2H2,1H3. The van der Waals surface area contributed by atoms with Crippen LogP contribution < -0.4 is 0 Å². The number of Topliss-reactive ketones (excluding diaryl/α,β-unsaturated/α-hetero) is 2. The molecule has 0 saturated carbocycles. The Morgan fingerprint density at radius 1 is 1.19 bits per heavy atom. The molecule has 4 nitrogen and oxygen atoms in total. The Kier molecular flexibility index (Phi) is 4.37. The summed E-state index contributed by atoms with van der Waals surface area (Å²) in [4.78, 5) is 33.8. The molecule has 0 saturated heterocycles. The van der Waals surface area contributed by atoms with Crippen LogP contribution in [0.25, 0.3) is 0 Å². The molecule has 0 spiro atoms. The maximum absolute atomic E-state index is 11.5. The second-order valence-corrected chi connectivity index (χ2v) is 3.80. The lowest BCUT2D eigenvalue weighted by molar-refractivity contribution is -0.151. The number of esters is 1. The van der Waals surface area contributed by atoms with Gasteiger partial charge in [0, 0.05) is 10.0 Å². The lowest BCUT2D eigenvalue weighted by atomic mass is 10.1. The fraction of sp³-hybridized carbons (Fsp3) is 0.182. The van der Waals surface area contributed by atoms with Crippen molar-refractivity contribution < 1.29 is 19.1 Å². The van der Waals surface area contributed by atoms with Crippen LogP contribution in [0.1, 0.15) is 17.3 Å². The summed E-state index contributed by atoms with van der Waals surface area (Å²) in [6, 6.07) is 6.16. The first-order chi connectivity index (χ1) is 7.56. The molecule has 0 N–H and O–H groups in total. The number of carbonyl (C=O) groups is 3. The molecule has 16 heavy (non-hydrogen) atoms. The van der Waals surface area contributed by atoms with Crippen molar-refractivity contribution >= 4 is 33.5 Å². The van der Waals surface area contributed by atoms with Gasteiger partial charge in [-0.2, -0.15) is 0 Å². The summed E-state index contributed by atoms with van der Waals surface area (Å²) in [6.07, 6.45) is 0. The van der Waals surface area contributed by atoms with Gasteiger partial charge in [-0.15, -0.1) is 0 Å². The minimum Gasteiger partial charge on any atom is -0.460 e. The van der Waals surface area contributed by atoms with Crippen molar-refractivity contribution in [2.24, 2.45) is 0 Å². The second-order valence-electron chi connectivity index (χ2n) is 2.89. The van der Waals surface area contributed by atoms with Crippen molar-refractivity contribution in [3.05, 3.63) is 34.3 Å². The Morgan fingerprint density at radius 3 is 2.25 bits per heavy atom. The summed E-state index contributed by atoms with van der Waals surface area (Å²) in [5.74, 6) is -3.12. The van der Waals surface area contributed by atoms with Crippen LogP contribution >= 0.6 is 15.9 Å². The third kappa shape index (κ3) is 3.00. The van der Waals surface area contributed by atoms with E-state index in [1.165, 1.54) is 12.1 Å². The number of benzene rings is 1. The monoisotopic (exact) mass is 284 g/mol. The number of carbonyl (C=O) groups excluding carboxylic acids is 3. The van der Waals surface area contributed by atoms with E-state index in [1.54, 1.807) is 19.1 Å². The van der Waals surface area contributed by atoms with Gasteiger partial charge in [-0.25, -0.2) is 4.79 Å². The first-order valence-corrected chi connectivity index (χ1v) is 5.37. The van der Waals surface area contributed by atoms with Gasteiger partial charge < -0.3 is 4.74 Å². The van der Waals surface area contributed by atoms with Crippen LogP contribution in [0.15, 0.2) is 28.7 Å². The second kappa shape index (κ2) is 5.55. The van der Waals surface area contributed by atoms with Crippen molar-refractivity contribution in [3.63, 3.8) is 0 Å². The minimum absolute atomic E-state index is 0.0676. The average Bonchev–Trinajstić information content (AvgIpc) is 2.28. The summed E-state index contributed by atoms with van der Waals surface area (Å²) < 4.78 is 5.24. The van der Waals surface area contributed by atoms with Gasteiger partial charge in [0.15, 0.2) is 0 Å². The summed E-state index contributed by atoms with van der Waals surface area (Å²) >= 11 is 3.20. The van der Waals surface area contributed by atoms with Crippen molar-refractivity contribution in [1.29, 1.82) is 0 Å². The Labute approximate surface area is 101 Å². The van der Waals surface area contributed by atoms with E-state index in [0.717, 1.165) is 4.47 Å². The van der Waals surface area contributed by atoms with E-state index in [1.807, 2.05) is 0 Å². The van der Waals surface area contributed by atoms with E-state index < -0.39 is 17.5 Å². The molecule has 0 amide bonds. The number of hydrogen-bond donors (Lipinski definition) is 0. The molecule has 0 bridgehead atoms. The SMILES string of the molecule is CCOC(=O)C(=O)C(=O)c1ccc(Br)cc1. The molecule has 0 radical (unpaired) electrons. The van der Waals surface area contributed by atoms with Crippen LogP contribution in [0.5, 0.6) is 0 Å². The van der Waals surface area contributed by atoms with Crippen molar-refractivity contribution in [1.82, 2.24) is 0 Å². The largest absolute Gasteiger partial charge is 0.460 e. The maximum atomic E-state index is 11.5. The van der Waals surface area contributed by atoms with Crippen molar-refractivity contribution in [2.45, 2.75) is 6.92 Å². The third-order valence-electron chi connectivity index (χ3n) is 1.77. The van der Waals surface area contributed by atoms with Gasteiger partial charge in [0.05, 0.1) is 6.61 Å². The van der Waals surface area contributed by atoms with Gasteiger partial charge in [-0.3, -0.25) is 9.59 Å². The van der Waals surface area contributed by atoms with Gasteiger partial charge in [0.1, 0.15) is 0 Å². The number of hydrogen-bond acceptors (Lipinski definition) is 4. The topological polar surface area (TPSA) is 60.4 Å². The van der Waals surface area contributed by atoms with Crippen LogP contribution in [0.4, 0.5) is 0 Å². The number of rotatable bonds is 4. The lowest BCUT2D eigenvalue weighted by Crippen LogP contribution is -2.26. The van der Waals surface area contributed by atoms with Gasteiger partial charge in [0.2, 0.25) is 5.78 Å². The van der Waals surface area contributed by atoms with Crippen LogP contribution in [0, 0.1) is 0 Å². The zero-order chi connectivity index (χ0) is 12.1. The molecule has 5 heteroatoms. The van der Waals surface area contributed by atoms with Gasteiger partial charge in [-0.1, -0.05) is 15.9 Å². The molecule has 0 aliphatic carbocycles. The molecule has 0 aliphatic heterocycles. The highest BCUT2D eigenvalue weighted by Gasteiger charge is 2.25. The molecule has 1 aromatic rings. The predicted molar refractivity (Wildman–Crippen MR) is 60.1 cm³/mol. The van der Waals surface area contributed by atoms with E-state index in [9.17, 15) is 14.4 Å². The molecule has 1 rings (SSSR count). The first kappa shape index (κ1) is 12.6. The van der Waals surface area contributed by atoms with Crippen LogP contribution in [-0.2, 0) is 14.3 Å². The van der Waals surface area contributed by atoms with Gasteiger partial charge >= 0.3 is 11.8 Å². The molecular formula is C11H9BrO4. The zero-order valence-corrected chi connectivity index (χ0v) is 10.1. The molecule has 84 valence electrons. The highest BCUT2D eigenvalue weighted by molar-refractivity contribution is 9.10. The Balaban J connectivity index is 2.82. The molecule has 0 heterocycles. The summed E-state index contributed by atoms with van der Waals surface area (Å²) in [5, 5.41) is 0. The van der Waals surface area contributed by atoms with Crippen molar-refractivity contribution in [2.75, 3.05) is 6.61 Å².